The minimum absolute atomic E-state index is 0.104. The molecule has 7 heteroatoms. The number of hydrogen-bond donors (Lipinski definition) is 1. The third kappa shape index (κ3) is 4.86. The minimum Gasteiger partial charge on any atom is -0.497 e. The van der Waals surface area contributed by atoms with E-state index in [0.717, 1.165) is 37.5 Å². The van der Waals surface area contributed by atoms with E-state index in [1.54, 1.807) is 19.5 Å². The third-order valence-corrected chi connectivity index (χ3v) is 5.13. The molecule has 1 aromatic heterocycles. The number of nitrogens with one attached hydrogen (secondary N) is 1. The van der Waals surface area contributed by atoms with E-state index < -0.39 is 0 Å². The summed E-state index contributed by atoms with van der Waals surface area (Å²) in [4.78, 5) is 25.7. The molecule has 0 saturated carbocycles. The van der Waals surface area contributed by atoms with E-state index in [0.29, 0.717) is 11.6 Å². The van der Waals surface area contributed by atoms with Gasteiger partial charge in [-0.3, -0.25) is 4.79 Å². The lowest BCUT2D eigenvalue weighted by atomic mass is 10.1. The Labute approximate surface area is 176 Å². The van der Waals surface area contributed by atoms with Crippen LogP contribution in [-0.4, -0.2) is 49.2 Å². The Morgan fingerprint density at radius 2 is 1.57 bits per heavy atom. The van der Waals surface area contributed by atoms with Gasteiger partial charge in [-0.1, -0.05) is 30.3 Å². The fourth-order valence-electron chi connectivity index (χ4n) is 3.49. The Morgan fingerprint density at radius 1 is 0.933 bits per heavy atom. The number of aromatic nitrogens is 2. The van der Waals surface area contributed by atoms with E-state index in [1.807, 2.05) is 30.3 Å². The van der Waals surface area contributed by atoms with Crippen molar-refractivity contribution < 1.29 is 9.53 Å². The highest BCUT2D eigenvalue weighted by atomic mass is 16.5. The number of nitrogens with zero attached hydrogens (tertiary/aromatic N) is 4. The molecule has 1 aliphatic heterocycles. The molecule has 1 aliphatic rings. The van der Waals surface area contributed by atoms with Gasteiger partial charge in [-0.2, -0.15) is 0 Å². The number of carbonyl (C=O) groups excluding carboxylic acids is 1. The van der Waals surface area contributed by atoms with Gasteiger partial charge in [0.05, 0.1) is 31.6 Å². The van der Waals surface area contributed by atoms with Crippen LogP contribution >= 0.6 is 0 Å². The number of methoxy groups -OCH3 is 1. The Hall–Kier alpha value is -3.61. The highest BCUT2D eigenvalue weighted by molar-refractivity contribution is 5.92. The molecule has 4 rings (SSSR count). The van der Waals surface area contributed by atoms with Crippen molar-refractivity contribution >= 4 is 23.2 Å². The van der Waals surface area contributed by atoms with E-state index in [-0.39, 0.29) is 12.3 Å². The van der Waals surface area contributed by atoms with Crippen LogP contribution in [0.2, 0.25) is 0 Å². The first-order valence-electron chi connectivity index (χ1n) is 10.0. The maximum Gasteiger partial charge on any atom is 0.228 e. The first kappa shape index (κ1) is 19.7. The largest absolute Gasteiger partial charge is 0.497 e. The third-order valence-electron chi connectivity index (χ3n) is 5.13. The average molecular weight is 403 g/mol. The summed E-state index contributed by atoms with van der Waals surface area (Å²) in [6.45, 7) is 3.57. The van der Waals surface area contributed by atoms with Crippen LogP contribution in [0.4, 0.5) is 17.3 Å². The number of anilines is 3. The van der Waals surface area contributed by atoms with Crippen LogP contribution in [0.5, 0.6) is 5.75 Å². The van der Waals surface area contributed by atoms with Crippen molar-refractivity contribution in [1.82, 2.24) is 9.97 Å². The summed E-state index contributed by atoms with van der Waals surface area (Å²) >= 11 is 0. The van der Waals surface area contributed by atoms with Crippen LogP contribution < -0.4 is 19.9 Å². The summed E-state index contributed by atoms with van der Waals surface area (Å²) in [5.74, 6) is 1.36. The van der Waals surface area contributed by atoms with Crippen molar-refractivity contribution in [3.63, 3.8) is 0 Å². The predicted molar refractivity (Wildman–Crippen MR) is 118 cm³/mol. The summed E-state index contributed by atoms with van der Waals surface area (Å²) in [6.07, 6.45) is 3.61. The topological polar surface area (TPSA) is 70.6 Å². The van der Waals surface area contributed by atoms with Gasteiger partial charge in [0.2, 0.25) is 11.9 Å². The number of ether oxygens (including phenoxy) is 1. The van der Waals surface area contributed by atoms with Crippen molar-refractivity contribution in [2.75, 3.05) is 48.4 Å². The van der Waals surface area contributed by atoms with Crippen molar-refractivity contribution in [1.29, 1.82) is 0 Å². The van der Waals surface area contributed by atoms with Crippen molar-refractivity contribution in [2.45, 2.75) is 6.42 Å². The Kier molecular flexibility index (Phi) is 6.08. The molecule has 2 heterocycles. The van der Waals surface area contributed by atoms with Crippen molar-refractivity contribution in [2.24, 2.45) is 0 Å². The summed E-state index contributed by atoms with van der Waals surface area (Å²) < 4.78 is 5.14. The van der Waals surface area contributed by atoms with Crippen LogP contribution in [-0.2, 0) is 11.2 Å². The lowest BCUT2D eigenvalue weighted by molar-refractivity contribution is -0.115. The lowest BCUT2D eigenvalue weighted by Gasteiger charge is -2.36. The molecule has 0 aliphatic carbocycles. The van der Waals surface area contributed by atoms with Gasteiger partial charge in [0.15, 0.2) is 0 Å². The fourth-order valence-corrected chi connectivity index (χ4v) is 3.49. The molecule has 1 N–H and O–H groups in total. The molecule has 0 spiro atoms. The number of benzene rings is 2. The maximum absolute atomic E-state index is 12.3. The quantitative estimate of drug-likeness (QED) is 0.682. The molecule has 1 saturated heterocycles. The second-order valence-electron chi connectivity index (χ2n) is 7.15. The fraction of sp³-hybridized carbons (Fsp3) is 0.261. The van der Waals surface area contributed by atoms with Gasteiger partial charge in [-0.25, -0.2) is 9.97 Å². The summed E-state index contributed by atoms with van der Waals surface area (Å²) in [7, 11) is 1.62. The average Bonchev–Trinajstić information content (AvgIpc) is 2.81. The Balaban J connectivity index is 1.29. The van der Waals surface area contributed by atoms with Gasteiger partial charge in [0.25, 0.3) is 0 Å². The van der Waals surface area contributed by atoms with E-state index in [9.17, 15) is 4.79 Å². The van der Waals surface area contributed by atoms with E-state index >= 15 is 0 Å². The van der Waals surface area contributed by atoms with Crippen LogP contribution in [0.15, 0.2) is 67.0 Å². The molecule has 3 aromatic rings. The zero-order valence-corrected chi connectivity index (χ0v) is 17.0. The number of piperazine rings is 1. The SMILES string of the molecule is COc1ccc(CC(=O)Nc2cnc(N3CCN(c4ccccc4)CC3)nc2)cc1. The molecule has 30 heavy (non-hydrogen) atoms. The molecule has 0 radical (unpaired) electrons. The molecular weight excluding hydrogens is 378 g/mol. The molecule has 154 valence electrons. The van der Waals surface area contributed by atoms with Crippen LogP contribution in [0.3, 0.4) is 0 Å². The van der Waals surface area contributed by atoms with Gasteiger partial charge in [0.1, 0.15) is 5.75 Å². The van der Waals surface area contributed by atoms with Gasteiger partial charge in [-0.15, -0.1) is 0 Å². The van der Waals surface area contributed by atoms with Gasteiger partial charge in [-0.05, 0) is 29.8 Å². The van der Waals surface area contributed by atoms with E-state index in [1.165, 1.54) is 5.69 Å². The van der Waals surface area contributed by atoms with Crippen LogP contribution in [0, 0.1) is 0 Å². The highest BCUT2D eigenvalue weighted by Crippen LogP contribution is 2.18. The summed E-state index contributed by atoms with van der Waals surface area (Å²) in [6, 6.07) is 17.9. The van der Waals surface area contributed by atoms with Crippen molar-refractivity contribution in [3.05, 3.63) is 72.6 Å². The zero-order valence-electron chi connectivity index (χ0n) is 17.0. The summed E-state index contributed by atoms with van der Waals surface area (Å²) in [5, 5.41) is 2.86. The normalized spacial score (nSPS) is 13.8. The first-order valence-corrected chi connectivity index (χ1v) is 10.0. The molecule has 7 nitrogen and oxygen atoms in total. The van der Waals surface area contributed by atoms with E-state index in [4.69, 9.17) is 4.74 Å². The molecular formula is C23H25N5O2. The first-order chi connectivity index (χ1) is 14.7. The maximum atomic E-state index is 12.3. The second-order valence-corrected chi connectivity index (χ2v) is 7.15. The molecule has 0 unspecified atom stereocenters. The molecule has 0 atom stereocenters. The molecule has 2 aromatic carbocycles. The highest BCUT2D eigenvalue weighted by Gasteiger charge is 2.19. The van der Waals surface area contributed by atoms with Crippen LogP contribution in [0.1, 0.15) is 5.56 Å². The van der Waals surface area contributed by atoms with Crippen molar-refractivity contribution in [3.8, 4) is 5.75 Å². The van der Waals surface area contributed by atoms with Gasteiger partial charge in [0, 0.05) is 31.9 Å². The number of hydrogen-bond acceptors (Lipinski definition) is 6. The van der Waals surface area contributed by atoms with Gasteiger partial charge < -0.3 is 19.9 Å². The summed E-state index contributed by atoms with van der Waals surface area (Å²) in [5.41, 5.74) is 2.76. The molecule has 1 fully saturated rings. The second kappa shape index (κ2) is 9.26. The minimum atomic E-state index is -0.104. The Bertz CT molecular complexity index is 953. The van der Waals surface area contributed by atoms with E-state index in [2.05, 4.69) is 49.4 Å². The standard InChI is InChI=1S/C23H25N5O2/c1-30-21-9-7-18(8-10-21)15-22(29)26-19-16-24-23(25-17-19)28-13-11-27(12-14-28)20-5-3-2-4-6-20/h2-10,16-17H,11-15H2,1H3,(H,26,29). The van der Waals surface area contributed by atoms with Crippen LogP contribution in [0.25, 0.3) is 0 Å². The number of rotatable bonds is 6. The molecule has 1 amide bonds. The lowest BCUT2D eigenvalue weighted by Crippen LogP contribution is -2.47. The van der Waals surface area contributed by atoms with Gasteiger partial charge >= 0.3 is 0 Å². The zero-order chi connectivity index (χ0) is 20.8. The number of amides is 1. The smallest absolute Gasteiger partial charge is 0.228 e. The monoisotopic (exact) mass is 403 g/mol. The number of para-hydroxylation sites is 1. The molecule has 0 bridgehead atoms. The predicted octanol–water partition coefficient (Wildman–Crippen LogP) is 2.99. The Morgan fingerprint density at radius 3 is 2.20 bits per heavy atom. The number of carbonyl (C=O) groups is 1.